The van der Waals surface area contributed by atoms with Crippen LogP contribution in [0, 0.1) is 13.8 Å². The van der Waals surface area contributed by atoms with Gasteiger partial charge in [0.05, 0.1) is 10.9 Å². The maximum absolute atomic E-state index is 13.0. The second kappa shape index (κ2) is 5.86. The zero-order chi connectivity index (χ0) is 15.7. The fourth-order valence-electron chi connectivity index (χ4n) is 3.14. The Morgan fingerprint density at radius 3 is 2.36 bits per heavy atom. The van der Waals surface area contributed by atoms with Crippen molar-refractivity contribution in [2.24, 2.45) is 0 Å². The molecule has 0 radical (unpaired) electrons. The fraction of sp³-hybridized carbons (Fsp3) is 0.333. The summed E-state index contributed by atoms with van der Waals surface area (Å²) in [4.78, 5) is 0.388. The molecule has 1 atom stereocenters. The number of aryl methyl sites for hydroxylation is 2. The Balaban J connectivity index is 1.99. The van der Waals surface area contributed by atoms with E-state index in [1.165, 1.54) is 0 Å². The Kier molecular flexibility index (Phi) is 4.06. The molecule has 2 aromatic rings. The second-order valence-corrected chi connectivity index (χ2v) is 7.83. The van der Waals surface area contributed by atoms with Crippen molar-refractivity contribution in [3.63, 3.8) is 0 Å². The largest absolute Gasteiger partial charge is 0.243 e. The Bertz CT molecular complexity index is 766. The third-order valence-corrected chi connectivity index (χ3v) is 6.30. The number of hydrogen-bond acceptors (Lipinski definition) is 2. The smallest absolute Gasteiger partial charge is 0.207 e. The summed E-state index contributed by atoms with van der Waals surface area (Å²) in [5, 5.41) is 0. The first-order chi connectivity index (χ1) is 10.5. The molecule has 1 fully saturated rings. The molecule has 4 heteroatoms. The van der Waals surface area contributed by atoms with Crippen molar-refractivity contribution < 1.29 is 8.42 Å². The lowest BCUT2D eigenvalue weighted by Crippen LogP contribution is -2.31. The van der Waals surface area contributed by atoms with Crippen LogP contribution in [0.2, 0.25) is 0 Å². The molecule has 22 heavy (non-hydrogen) atoms. The number of hydrogen-bond donors (Lipinski definition) is 0. The summed E-state index contributed by atoms with van der Waals surface area (Å²) in [7, 11) is -3.44. The highest BCUT2D eigenvalue weighted by Crippen LogP contribution is 2.37. The molecule has 0 aromatic heterocycles. The molecule has 1 aliphatic heterocycles. The van der Waals surface area contributed by atoms with Crippen LogP contribution in [0.5, 0.6) is 0 Å². The van der Waals surface area contributed by atoms with Crippen LogP contribution < -0.4 is 0 Å². The van der Waals surface area contributed by atoms with Gasteiger partial charge in [-0.3, -0.25) is 0 Å². The summed E-state index contributed by atoms with van der Waals surface area (Å²) in [6, 6.07) is 15.1. The van der Waals surface area contributed by atoms with Gasteiger partial charge < -0.3 is 0 Å². The van der Waals surface area contributed by atoms with E-state index in [0.29, 0.717) is 11.4 Å². The molecule has 1 unspecified atom stereocenters. The predicted octanol–water partition coefficient (Wildman–Crippen LogP) is 3.83. The molecule has 1 saturated heterocycles. The van der Waals surface area contributed by atoms with Gasteiger partial charge >= 0.3 is 0 Å². The van der Waals surface area contributed by atoms with Crippen molar-refractivity contribution >= 4 is 10.0 Å². The van der Waals surface area contributed by atoms with Crippen LogP contribution in [-0.2, 0) is 10.0 Å². The topological polar surface area (TPSA) is 37.4 Å². The maximum Gasteiger partial charge on any atom is 0.243 e. The van der Waals surface area contributed by atoms with Gasteiger partial charge in [-0.05, 0) is 49.9 Å². The summed E-state index contributed by atoms with van der Waals surface area (Å²) in [6.07, 6.45) is 1.79. The quantitative estimate of drug-likeness (QED) is 0.863. The highest BCUT2D eigenvalue weighted by Gasteiger charge is 2.36. The van der Waals surface area contributed by atoms with E-state index >= 15 is 0 Å². The zero-order valence-corrected chi connectivity index (χ0v) is 13.8. The molecule has 1 heterocycles. The number of nitrogens with zero attached hydrogens (tertiary/aromatic N) is 1. The lowest BCUT2D eigenvalue weighted by molar-refractivity contribution is 0.395. The Labute approximate surface area is 132 Å². The minimum atomic E-state index is -3.44. The van der Waals surface area contributed by atoms with Crippen molar-refractivity contribution in [3.8, 4) is 0 Å². The van der Waals surface area contributed by atoms with Crippen LogP contribution in [0.3, 0.4) is 0 Å². The molecule has 0 spiro atoms. The van der Waals surface area contributed by atoms with Crippen molar-refractivity contribution in [2.45, 2.75) is 37.6 Å². The van der Waals surface area contributed by atoms with Gasteiger partial charge in [-0.25, -0.2) is 8.42 Å². The maximum atomic E-state index is 13.0. The molecule has 3 rings (SSSR count). The molecule has 0 saturated carbocycles. The molecule has 2 aromatic carbocycles. The van der Waals surface area contributed by atoms with Gasteiger partial charge in [0.25, 0.3) is 0 Å². The monoisotopic (exact) mass is 315 g/mol. The van der Waals surface area contributed by atoms with Gasteiger partial charge in [0.15, 0.2) is 0 Å². The first kappa shape index (κ1) is 15.3. The van der Waals surface area contributed by atoms with Crippen LogP contribution in [-0.4, -0.2) is 19.3 Å². The summed E-state index contributed by atoms with van der Waals surface area (Å²) in [5.41, 5.74) is 3.34. The van der Waals surface area contributed by atoms with Gasteiger partial charge in [-0.2, -0.15) is 4.31 Å². The van der Waals surface area contributed by atoms with Gasteiger partial charge in [0, 0.05) is 6.54 Å². The predicted molar refractivity (Wildman–Crippen MR) is 88.2 cm³/mol. The van der Waals surface area contributed by atoms with E-state index in [-0.39, 0.29) is 6.04 Å². The SMILES string of the molecule is Cc1ccc(S(=O)(=O)N2CCCC2c2ccccc2C)cc1. The van der Waals surface area contributed by atoms with Crippen molar-refractivity contribution in [2.75, 3.05) is 6.54 Å². The lowest BCUT2D eigenvalue weighted by atomic mass is 10.0. The summed E-state index contributed by atoms with van der Waals surface area (Å²) < 4.78 is 27.6. The zero-order valence-electron chi connectivity index (χ0n) is 13.0. The minimum Gasteiger partial charge on any atom is -0.207 e. The highest BCUT2D eigenvalue weighted by molar-refractivity contribution is 7.89. The lowest BCUT2D eigenvalue weighted by Gasteiger charge is -2.25. The standard InChI is InChI=1S/C18H21NO2S/c1-14-9-11-16(12-10-14)22(20,21)19-13-5-8-18(19)17-7-4-3-6-15(17)2/h3-4,6-7,9-12,18H,5,8,13H2,1-2H3. The minimum absolute atomic E-state index is 0.0486. The number of rotatable bonds is 3. The van der Waals surface area contributed by atoms with Gasteiger partial charge in [0.1, 0.15) is 0 Å². The van der Waals surface area contributed by atoms with Gasteiger partial charge in [0.2, 0.25) is 10.0 Å². The third kappa shape index (κ3) is 2.69. The van der Waals surface area contributed by atoms with E-state index < -0.39 is 10.0 Å². The van der Waals surface area contributed by atoms with Crippen LogP contribution >= 0.6 is 0 Å². The van der Waals surface area contributed by atoms with E-state index in [1.807, 2.05) is 50.2 Å². The van der Waals surface area contributed by atoms with Crippen LogP contribution in [0.25, 0.3) is 0 Å². The van der Waals surface area contributed by atoms with E-state index in [9.17, 15) is 8.42 Å². The second-order valence-electron chi connectivity index (χ2n) is 5.94. The first-order valence-electron chi connectivity index (χ1n) is 7.64. The summed E-state index contributed by atoms with van der Waals surface area (Å²) in [5.74, 6) is 0. The third-order valence-electron chi connectivity index (χ3n) is 4.38. The van der Waals surface area contributed by atoms with Gasteiger partial charge in [-0.1, -0.05) is 42.0 Å². The summed E-state index contributed by atoms with van der Waals surface area (Å²) >= 11 is 0. The van der Waals surface area contributed by atoms with Crippen LogP contribution in [0.1, 0.15) is 35.6 Å². The van der Waals surface area contributed by atoms with Crippen LogP contribution in [0.4, 0.5) is 0 Å². The number of sulfonamides is 1. The Morgan fingerprint density at radius 2 is 1.68 bits per heavy atom. The molecule has 3 nitrogen and oxygen atoms in total. The molecule has 0 N–H and O–H groups in total. The van der Waals surface area contributed by atoms with E-state index in [0.717, 1.165) is 29.5 Å². The number of benzene rings is 2. The normalized spacial score (nSPS) is 19.5. The summed E-state index contributed by atoms with van der Waals surface area (Å²) in [6.45, 7) is 4.60. The fourth-order valence-corrected chi connectivity index (χ4v) is 4.82. The molecule has 1 aliphatic rings. The Hall–Kier alpha value is -1.65. The van der Waals surface area contributed by atoms with Crippen LogP contribution in [0.15, 0.2) is 53.4 Å². The molecule has 116 valence electrons. The molecular weight excluding hydrogens is 294 g/mol. The molecular formula is C18H21NO2S. The molecule has 0 bridgehead atoms. The molecule has 0 amide bonds. The van der Waals surface area contributed by atoms with E-state index in [4.69, 9.17) is 0 Å². The van der Waals surface area contributed by atoms with Crippen molar-refractivity contribution in [3.05, 3.63) is 65.2 Å². The average molecular weight is 315 g/mol. The van der Waals surface area contributed by atoms with Gasteiger partial charge in [-0.15, -0.1) is 0 Å². The van der Waals surface area contributed by atoms with Crippen molar-refractivity contribution in [1.82, 2.24) is 4.31 Å². The highest BCUT2D eigenvalue weighted by atomic mass is 32.2. The van der Waals surface area contributed by atoms with E-state index in [2.05, 4.69) is 0 Å². The van der Waals surface area contributed by atoms with E-state index in [1.54, 1.807) is 16.4 Å². The first-order valence-corrected chi connectivity index (χ1v) is 9.08. The average Bonchev–Trinajstić information content (AvgIpc) is 2.98. The van der Waals surface area contributed by atoms with Crippen molar-refractivity contribution in [1.29, 1.82) is 0 Å². The Morgan fingerprint density at radius 1 is 1.00 bits per heavy atom. The molecule has 0 aliphatic carbocycles.